The van der Waals surface area contributed by atoms with Crippen LogP contribution in [0.15, 0.2) is 59.1 Å². The Labute approximate surface area is 133 Å². The lowest BCUT2D eigenvalue weighted by Crippen LogP contribution is -2.33. The first-order chi connectivity index (χ1) is 10.3. The highest BCUT2D eigenvalue weighted by molar-refractivity contribution is 9.10. The van der Waals surface area contributed by atoms with Crippen LogP contribution >= 0.6 is 15.9 Å². The SMILES string of the molecule is Brc1ccccc1CO[C@H]1CO[C@@H](c2ccccc2)OC1. The van der Waals surface area contributed by atoms with Gasteiger partial charge in [0.1, 0.15) is 6.10 Å². The Morgan fingerprint density at radius 2 is 1.62 bits per heavy atom. The van der Waals surface area contributed by atoms with Crippen molar-refractivity contribution >= 4 is 15.9 Å². The summed E-state index contributed by atoms with van der Waals surface area (Å²) in [6.45, 7) is 1.64. The third-order valence-electron chi connectivity index (χ3n) is 3.37. The molecule has 4 heteroatoms. The number of halogens is 1. The van der Waals surface area contributed by atoms with Crippen LogP contribution in [0, 0.1) is 0 Å². The van der Waals surface area contributed by atoms with Crippen LogP contribution in [0.25, 0.3) is 0 Å². The van der Waals surface area contributed by atoms with Gasteiger partial charge in [0, 0.05) is 10.0 Å². The summed E-state index contributed by atoms with van der Waals surface area (Å²) in [6.07, 6.45) is -0.313. The summed E-state index contributed by atoms with van der Waals surface area (Å²) in [5.41, 5.74) is 2.17. The molecule has 0 radical (unpaired) electrons. The third kappa shape index (κ3) is 3.92. The zero-order valence-corrected chi connectivity index (χ0v) is 13.2. The number of rotatable bonds is 4. The summed E-state index contributed by atoms with van der Waals surface area (Å²) in [7, 11) is 0. The number of benzene rings is 2. The number of hydrogen-bond donors (Lipinski definition) is 0. The summed E-state index contributed by atoms with van der Waals surface area (Å²) in [5, 5.41) is 0. The van der Waals surface area contributed by atoms with Gasteiger partial charge in [-0.1, -0.05) is 64.5 Å². The number of ether oxygens (including phenoxy) is 3. The van der Waals surface area contributed by atoms with Crippen molar-refractivity contribution in [2.45, 2.75) is 19.0 Å². The molecule has 1 heterocycles. The average Bonchev–Trinajstić information content (AvgIpc) is 2.55. The van der Waals surface area contributed by atoms with E-state index in [9.17, 15) is 0 Å². The standard InChI is InChI=1S/C17H17BrO3/c18-16-9-5-4-8-14(16)10-19-15-11-20-17(21-12-15)13-6-2-1-3-7-13/h1-9,15,17H,10-12H2/t15-,17+. The molecular weight excluding hydrogens is 332 g/mol. The second kappa shape index (κ2) is 7.18. The highest BCUT2D eigenvalue weighted by atomic mass is 79.9. The summed E-state index contributed by atoms with van der Waals surface area (Å²) in [6, 6.07) is 18.0. The molecule has 1 saturated heterocycles. The zero-order valence-electron chi connectivity index (χ0n) is 11.6. The molecule has 0 amide bonds. The van der Waals surface area contributed by atoms with Gasteiger partial charge in [0.2, 0.25) is 0 Å². The lowest BCUT2D eigenvalue weighted by molar-refractivity contribution is -0.232. The molecule has 0 spiro atoms. The van der Waals surface area contributed by atoms with Crippen molar-refractivity contribution in [1.82, 2.24) is 0 Å². The van der Waals surface area contributed by atoms with Gasteiger partial charge in [0.05, 0.1) is 19.8 Å². The molecule has 110 valence electrons. The molecule has 1 fully saturated rings. The molecule has 1 aliphatic heterocycles. The molecule has 2 aromatic carbocycles. The van der Waals surface area contributed by atoms with E-state index in [0.717, 1.165) is 15.6 Å². The van der Waals surface area contributed by atoms with E-state index < -0.39 is 0 Å². The van der Waals surface area contributed by atoms with Gasteiger partial charge in [-0.25, -0.2) is 0 Å². The van der Waals surface area contributed by atoms with E-state index in [1.54, 1.807) is 0 Å². The minimum atomic E-state index is -0.283. The molecule has 2 aromatic rings. The van der Waals surface area contributed by atoms with Crippen molar-refractivity contribution in [3.05, 3.63) is 70.2 Å². The topological polar surface area (TPSA) is 27.7 Å². The molecule has 0 N–H and O–H groups in total. The van der Waals surface area contributed by atoms with Crippen LogP contribution in [0.4, 0.5) is 0 Å². The van der Waals surface area contributed by atoms with Gasteiger partial charge in [-0.2, -0.15) is 0 Å². The quantitative estimate of drug-likeness (QED) is 0.833. The van der Waals surface area contributed by atoms with Crippen molar-refractivity contribution in [2.24, 2.45) is 0 Å². The summed E-state index contributed by atoms with van der Waals surface area (Å²) in [5.74, 6) is 0. The highest BCUT2D eigenvalue weighted by Gasteiger charge is 2.23. The van der Waals surface area contributed by atoms with Crippen LogP contribution in [0.3, 0.4) is 0 Å². The minimum absolute atomic E-state index is 0.0305. The van der Waals surface area contributed by atoms with Crippen LogP contribution in [0.1, 0.15) is 17.4 Å². The first-order valence-corrected chi connectivity index (χ1v) is 7.75. The maximum Gasteiger partial charge on any atom is 0.184 e. The molecule has 21 heavy (non-hydrogen) atoms. The maximum atomic E-state index is 5.85. The first kappa shape index (κ1) is 14.7. The molecule has 1 aliphatic rings. The second-order valence-electron chi connectivity index (χ2n) is 4.93. The average molecular weight is 349 g/mol. The summed E-state index contributed by atoms with van der Waals surface area (Å²) >= 11 is 3.52. The normalized spacial score (nSPS) is 22.1. The first-order valence-electron chi connectivity index (χ1n) is 6.96. The minimum Gasteiger partial charge on any atom is -0.369 e. The second-order valence-corrected chi connectivity index (χ2v) is 5.79. The van der Waals surface area contributed by atoms with Gasteiger partial charge in [0.15, 0.2) is 6.29 Å². The largest absolute Gasteiger partial charge is 0.369 e. The third-order valence-corrected chi connectivity index (χ3v) is 4.14. The van der Waals surface area contributed by atoms with Gasteiger partial charge in [-0.05, 0) is 11.6 Å². The van der Waals surface area contributed by atoms with E-state index in [4.69, 9.17) is 14.2 Å². The predicted molar refractivity (Wildman–Crippen MR) is 83.8 cm³/mol. The van der Waals surface area contributed by atoms with Crippen LogP contribution in [0.5, 0.6) is 0 Å². The van der Waals surface area contributed by atoms with Crippen LogP contribution in [0.2, 0.25) is 0 Å². The van der Waals surface area contributed by atoms with Gasteiger partial charge < -0.3 is 14.2 Å². The Bertz CT molecular complexity index is 565. The molecule has 0 bridgehead atoms. The summed E-state index contributed by atoms with van der Waals surface area (Å²) < 4.78 is 18.4. The van der Waals surface area contributed by atoms with Gasteiger partial charge in [-0.3, -0.25) is 0 Å². The Morgan fingerprint density at radius 1 is 0.952 bits per heavy atom. The van der Waals surface area contributed by atoms with E-state index >= 15 is 0 Å². The van der Waals surface area contributed by atoms with E-state index in [1.165, 1.54) is 0 Å². The lowest BCUT2D eigenvalue weighted by atomic mass is 10.2. The van der Waals surface area contributed by atoms with E-state index in [1.807, 2.05) is 54.6 Å². The van der Waals surface area contributed by atoms with Crippen LogP contribution < -0.4 is 0 Å². The molecule has 0 aliphatic carbocycles. The Hall–Kier alpha value is -1.20. The van der Waals surface area contributed by atoms with Crippen molar-refractivity contribution in [1.29, 1.82) is 0 Å². The molecule has 0 saturated carbocycles. The number of hydrogen-bond acceptors (Lipinski definition) is 3. The zero-order chi connectivity index (χ0) is 14.5. The smallest absolute Gasteiger partial charge is 0.184 e. The van der Waals surface area contributed by atoms with Gasteiger partial charge in [-0.15, -0.1) is 0 Å². The predicted octanol–water partition coefficient (Wildman–Crippen LogP) is 4.08. The van der Waals surface area contributed by atoms with Crippen molar-refractivity contribution < 1.29 is 14.2 Å². The molecule has 0 atom stereocenters. The van der Waals surface area contributed by atoms with Crippen molar-refractivity contribution in [3.63, 3.8) is 0 Å². The maximum absolute atomic E-state index is 5.85. The van der Waals surface area contributed by atoms with E-state index in [2.05, 4.69) is 15.9 Å². The molecular formula is C17H17BrO3. The lowest BCUT2D eigenvalue weighted by Gasteiger charge is -2.29. The fourth-order valence-corrected chi connectivity index (χ4v) is 2.61. The Balaban J connectivity index is 1.49. The molecule has 0 unspecified atom stereocenters. The van der Waals surface area contributed by atoms with Gasteiger partial charge >= 0.3 is 0 Å². The fraction of sp³-hybridized carbons (Fsp3) is 0.294. The molecule has 0 aromatic heterocycles. The van der Waals surface area contributed by atoms with E-state index in [0.29, 0.717) is 19.8 Å². The van der Waals surface area contributed by atoms with Gasteiger partial charge in [0.25, 0.3) is 0 Å². The summed E-state index contributed by atoms with van der Waals surface area (Å²) in [4.78, 5) is 0. The highest BCUT2D eigenvalue weighted by Crippen LogP contribution is 2.24. The Kier molecular flexibility index (Phi) is 5.04. The monoisotopic (exact) mass is 348 g/mol. The van der Waals surface area contributed by atoms with Crippen LogP contribution in [-0.2, 0) is 20.8 Å². The van der Waals surface area contributed by atoms with E-state index in [-0.39, 0.29) is 12.4 Å². The van der Waals surface area contributed by atoms with Crippen molar-refractivity contribution in [3.8, 4) is 0 Å². The molecule has 3 rings (SSSR count). The van der Waals surface area contributed by atoms with Crippen molar-refractivity contribution in [2.75, 3.05) is 13.2 Å². The fourth-order valence-electron chi connectivity index (χ4n) is 2.21. The Morgan fingerprint density at radius 3 is 2.33 bits per heavy atom. The van der Waals surface area contributed by atoms with Crippen LogP contribution in [-0.4, -0.2) is 19.3 Å². The molecule has 3 nitrogen and oxygen atoms in total.